The summed E-state index contributed by atoms with van der Waals surface area (Å²) >= 11 is 0. The van der Waals surface area contributed by atoms with Crippen LogP contribution in [0.15, 0.2) is 35.5 Å². The maximum absolute atomic E-state index is 12.7. The number of carbonyl (C=O) groups excluding carboxylic acids is 1. The zero-order valence-electron chi connectivity index (χ0n) is 16.2. The highest BCUT2D eigenvalue weighted by atomic mass is 16.7. The number of aromatic nitrogens is 1. The Hall–Kier alpha value is -2.30. The van der Waals surface area contributed by atoms with E-state index in [0.29, 0.717) is 18.3 Å². The average Bonchev–Trinajstić information content (AvgIpc) is 3.19. The van der Waals surface area contributed by atoms with Crippen molar-refractivity contribution >= 4 is 23.0 Å². The molecule has 1 N–H and O–H groups in total. The molecule has 1 aromatic carbocycles. The van der Waals surface area contributed by atoms with Crippen LogP contribution in [0.1, 0.15) is 44.6 Å². The van der Waals surface area contributed by atoms with Crippen LogP contribution in [0.4, 0.5) is 0 Å². The number of rotatable bonds is 3. The maximum atomic E-state index is 12.7. The van der Waals surface area contributed by atoms with Gasteiger partial charge in [-0.05, 0) is 74.3 Å². The Bertz CT molecular complexity index is 949. The third-order valence-corrected chi connectivity index (χ3v) is 7.54. The molecule has 4 fully saturated rings. The van der Waals surface area contributed by atoms with E-state index in [2.05, 4.69) is 16.0 Å². The second-order valence-corrected chi connectivity index (χ2v) is 9.59. The molecule has 28 heavy (non-hydrogen) atoms. The normalized spacial score (nSPS) is 38.7. The molecule has 4 saturated carbocycles. The Labute approximate surface area is 164 Å². The van der Waals surface area contributed by atoms with E-state index in [0.717, 1.165) is 28.3 Å². The number of carbonyl (C=O) groups is 1. The van der Waals surface area contributed by atoms with Crippen LogP contribution in [-0.2, 0) is 20.7 Å². The zero-order valence-corrected chi connectivity index (χ0v) is 16.2. The summed E-state index contributed by atoms with van der Waals surface area (Å²) in [6, 6.07) is 8.13. The monoisotopic (exact) mass is 378 g/mol. The molecule has 5 heteroatoms. The second-order valence-electron chi connectivity index (χ2n) is 9.59. The minimum absolute atomic E-state index is 0.176. The number of aromatic amines is 1. The highest BCUT2D eigenvalue weighted by Gasteiger charge is 2.51. The summed E-state index contributed by atoms with van der Waals surface area (Å²) in [7, 11) is 0. The smallest absolute Gasteiger partial charge is 0.392 e. The zero-order chi connectivity index (χ0) is 18.9. The molecular weight excluding hydrogens is 352 g/mol. The summed E-state index contributed by atoms with van der Waals surface area (Å²) in [5.74, 6) is 2.69. The van der Waals surface area contributed by atoms with Crippen molar-refractivity contribution in [3.8, 4) is 0 Å². The van der Waals surface area contributed by atoms with Gasteiger partial charge in [0.15, 0.2) is 5.54 Å². The van der Waals surface area contributed by atoms with Gasteiger partial charge in [0.1, 0.15) is 6.10 Å². The number of benzene rings is 1. The van der Waals surface area contributed by atoms with Crippen molar-refractivity contribution in [1.29, 1.82) is 0 Å². The van der Waals surface area contributed by atoms with E-state index < -0.39 is 5.54 Å². The number of nitrogens with zero attached hydrogens (tertiary/aromatic N) is 1. The molecule has 4 bridgehead atoms. The van der Waals surface area contributed by atoms with Crippen molar-refractivity contribution in [3.63, 3.8) is 0 Å². The van der Waals surface area contributed by atoms with E-state index in [1.54, 1.807) is 0 Å². The molecule has 1 atom stereocenters. The standard InChI is InChI=1S/C23H26N2O3/c1-23(11-17-12-24-19-5-3-2-4-18(17)19)21(26)28-22(25-23)27-20-15-7-13-6-14(9-15)10-16(20)8-13/h2-5,12-16,20,24H,6-11H2,1H3/t13?,14?,15?,16?,20?,23-/m1/s1. The van der Waals surface area contributed by atoms with Crippen molar-refractivity contribution in [2.45, 2.75) is 57.1 Å². The molecule has 7 rings (SSSR count). The first-order valence-corrected chi connectivity index (χ1v) is 10.6. The fourth-order valence-corrected chi connectivity index (χ4v) is 6.45. The summed E-state index contributed by atoms with van der Waals surface area (Å²) in [6.07, 6.45) is 9.34. The van der Waals surface area contributed by atoms with Gasteiger partial charge < -0.3 is 14.5 Å². The fourth-order valence-electron chi connectivity index (χ4n) is 6.45. The lowest BCUT2D eigenvalue weighted by Crippen LogP contribution is -2.50. The van der Waals surface area contributed by atoms with Crippen LogP contribution >= 0.6 is 0 Å². The largest absolute Gasteiger partial charge is 0.446 e. The molecule has 0 spiro atoms. The number of nitrogens with one attached hydrogen (secondary N) is 1. The predicted octanol–water partition coefficient (Wildman–Crippen LogP) is 4.22. The lowest BCUT2D eigenvalue weighted by molar-refractivity contribution is -0.142. The Morgan fingerprint density at radius 3 is 2.61 bits per heavy atom. The van der Waals surface area contributed by atoms with Gasteiger partial charge in [0.05, 0.1) is 0 Å². The number of H-pyrrole nitrogens is 1. The van der Waals surface area contributed by atoms with Crippen molar-refractivity contribution in [2.24, 2.45) is 28.7 Å². The highest BCUT2D eigenvalue weighted by Crippen LogP contribution is 2.54. The molecule has 0 amide bonds. The first-order valence-electron chi connectivity index (χ1n) is 10.6. The molecule has 5 aliphatic rings. The van der Waals surface area contributed by atoms with Crippen molar-refractivity contribution in [3.05, 3.63) is 36.0 Å². The van der Waals surface area contributed by atoms with Crippen LogP contribution in [0.2, 0.25) is 0 Å². The van der Waals surface area contributed by atoms with Gasteiger partial charge in [0, 0.05) is 23.5 Å². The van der Waals surface area contributed by atoms with E-state index in [1.807, 2.05) is 31.3 Å². The van der Waals surface area contributed by atoms with E-state index in [-0.39, 0.29) is 18.2 Å². The third kappa shape index (κ3) is 2.51. The highest BCUT2D eigenvalue weighted by molar-refractivity contribution is 5.97. The summed E-state index contributed by atoms with van der Waals surface area (Å²) in [4.78, 5) is 20.6. The van der Waals surface area contributed by atoms with E-state index in [4.69, 9.17) is 9.47 Å². The SMILES string of the molecule is C[C@]1(Cc2c[nH]c3ccccc23)N=C(OC2C3CC4CC(C3)CC2C4)OC1=O. The van der Waals surface area contributed by atoms with Gasteiger partial charge in [0.2, 0.25) is 0 Å². The number of esters is 1. The first kappa shape index (κ1) is 16.6. The predicted molar refractivity (Wildman–Crippen MR) is 106 cm³/mol. The van der Waals surface area contributed by atoms with Crippen molar-refractivity contribution in [1.82, 2.24) is 4.98 Å². The number of aliphatic imine (C=N–C) groups is 1. The summed E-state index contributed by atoms with van der Waals surface area (Å²) in [5, 5.41) is 1.13. The van der Waals surface area contributed by atoms with Crippen LogP contribution in [0.3, 0.4) is 0 Å². The molecule has 2 heterocycles. The molecule has 1 aromatic heterocycles. The number of cyclic esters (lactones) is 1. The van der Waals surface area contributed by atoms with Gasteiger partial charge in [-0.2, -0.15) is 4.99 Å². The quantitative estimate of drug-likeness (QED) is 0.813. The fraction of sp³-hybridized carbons (Fsp3) is 0.565. The molecular formula is C23H26N2O3. The molecule has 4 aliphatic carbocycles. The molecule has 2 aromatic rings. The lowest BCUT2D eigenvalue weighted by atomic mass is 9.55. The maximum Gasteiger partial charge on any atom is 0.392 e. The second kappa shape index (κ2) is 5.85. The lowest BCUT2D eigenvalue weighted by Gasteiger charge is -2.53. The number of para-hydroxylation sites is 1. The minimum atomic E-state index is -0.924. The Morgan fingerprint density at radius 1 is 1.14 bits per heavy atom. The van der Waals surface area contributed by atoms with Gasteiger partial charge in [-0.3, -0.25) is 0 Å². The molecule has 0 saturated heterocycles. The van der Waals surface area contributed by atoms with Crippen molar-refractivity contribution in [2.75, 3.05) is 0 Å². The number of hydrogen-bond donors (Lipinski definition) is 1. The van der Waals surface area contributed by atoms with E-state index >= 15 is 0 Å². The minimum Gasteiger partial charge on any atom is -0.446 e. The van der Waals surface area contributed by atoms with Gasteiger partial charge in [-0.15, -0.1) is 0 Å². The number of ether oxygens (including phenoxy) is 2. The Kier molecular flexibility index (Phi) is 3.48. The summed E-state index contributed by atoms with van der Waals surface area (Å²) in [6.45, 7) is 1.85. The molecule has 146 valence electrons. The summed E-state index contributed by atoms with van der Waals surface area (Å²) in [5.41, 5.74) is 1.22. The average molecular weight is 378 g/mol. The van der Waals surface area contributed by atoms with Crippen molar-refractivity contribution < 1.29 is 14.3 Å². The van der Waals surface area contributed by atoms with E-state index in [9.17, 15) is 4.79 Å². The van der Waals surface area contributed by atoms with Crippen LogP contribution in [0, 0.1) is 23.7 Å². The van der Waals surface area contributed by atoms with Gasteiger partial charge in [-0.1, -0.05) is 18.2 Å². The molecule has 1 aliphatic heterocycles. The van der Waals surface area contributed by atoms with Gasteiger partial charge in [0.25, 0.3) is 0 Å². The van der Waals surface area contributed by atoms with E-state index in [1.165, 1.54) is 32.1 Å². The topological polar surface area (TPSA) is 63.7 Å². The number of hydrogen-bond acceptors (Lipinski definition) is 4. The van der Waals surface area contributed by atoms with Crippen LogP contribution < -0.4 is 0 Å². The molecule has 0 radical (unpaired) electrons. The van der Waals surface area contributed by atoms with Crippen LogP contribution in [0.5, 0.6) is 0 Å². The Balaban J connectivity index is 1.23. The summed E-state index contributed by atoms with van der Waals surface area (Å²) < 4.78 is 11.8. The Morgan fingerprint density at radius 2 is 1.86 bits per heavy atom. The van der Waals surface area contributed by atoms with Crippen LogP contribution in [-0.4, -0.2) is 28.7 Å². The van der Waals surface area contributed by atoms with Gasteiger partial charge >= 0.3 is 12.1 Å². The van der Waals surface area contributed by atoms with Gasteiger partial charge in [-0.25, -0.2) is 4.79 Å². The van der Waals surface area contributed by atoms with Crippen LogP contribution in [0.25, 0.3) is 10.9 Å². The third-order valence-electron chi connectivity index (χ3n) is 7.54. The molecule has 5 nitrogen and oxygen atoms in total. The number of fused-ring (bicyclic) bond motifs is 1. The first-order chi connectivity index (χ1) is 13.6. The molecule has 0 unspecified atom stereocenters.